The van der Waals surface area contributed by atoms with E-state index in [0.717, 1.165) is 25.2 Å². The summed E-state index contributed by atoms with van der Waals surface area (Å²) in [7, 11) is 0. The van der Waals surface area contributed by atoms with Gasteiger partial charge in [0.15, 0.2) is 0 Å². The maximum absolute atomic E-state index is 12.7. The summed E-state index contributed by atoms with van der Waals surface area (Å²) in [5, 5.41) is 23.6. The molecule has 3 heteroatoms. The Bertz CT molecular complexity index is 792. The van der Waals surface area contributed by atoms with Crippen molar-refractivity contribution in [1.82, 2.24) is 0 Å². The number of hydrogen-bond acceptors (Lipinski definition) is 2. The molecule has 0 radical (unpaired) electrons. The fraction of sp³-hybridized carbons (Fsp3) is 0.933. The van der Waals surface area contributed by atoms with Gasteiger partial charge < -0.3 is 10.2 Å². The third kappa shape index (κ3) is 3.49. The maximum atomic E-state index is 12.7. The minimum atomic E-state index is -0.154. The van der Waals surface area contributed by atoms with Gasteiger partial charge in [0, 0.05) is 0 Å². The molecule has 0 amide bonds. The Labute approximate surface area is 252 Å². The minimum Gasteiger partial charge on any atom is -0.854 e. The number of hydrogen-bond donors (Lipinski definition) is 1. The molecule has 5 fully saturated rings. The molecule has 0 aliphatic heterocycles. The molecule has 33 heavy (non-hydrogen) atoms. The molecule has 0 aromatic rings. The minimum absolute atomic E-state index is 0. The van der Waals surface area contributed by atoms with Gasteiger partial charge in [0.05, 0.1) is 6.10 Å². The van der Waals surface area contributed by atoms with Crippen molar-refractivity contribution in [2.75, 3.05) is 6.61 Å². The summed E-state index contributed by atoms with van der Waals surface area (Å²) in [5.41, 5.74) is 2.39. The smallest absolute Gasteiger partial charge is 0.854 e. The van der Waals surface area contributed by atoms with Crippen LogP contribution >= 0.6 is 0 Å². The van der Waals surface area contributed by atoms with E-state index in [9.17, 15) is 10.2 Å². The van der Waals surface area contributed by atoms with E-state index in [1.54, 1.807) is 0 Å². The summed E-state index contributed by atoms with van der Waals surface area (Å²) in [6.07, 6.45) is 11.9. The summed E-state index contributed by atoms with van der Waals surface area (Å²) < 4.78 is 0. The quantitative estimate of drug-likeness (QED) is 0.561. The largest absolute Gasteiger partial charge is 1.00 e. The van der Waals surface area contributed by atoms with Crippen molar-refractivity contribution in [1.29, 1.82) is 0 Å². The number of allylic oxidation sites excluding steroid dienone is 1. The normalized spacial score (nSPS) is 54.8. The summed E-state index contributed by atoms with van der Waals surface area (Å²) in [6.45, 7) is 19.4. The van der Waals surface area contributed by atoms with Crippen LogP contribution in [0.2, 0.25) is 0 Å². The van der Waals surface area contributed by atoms with Crippen LogP contribution in [0.5, 0.6) is 0 Å². The van der Waals surface area contributed by atoms with E-state index in [1.165, 1.54) is 50.5 Å². The fourth-order valence-electron chi connectivity index (χ4n) is 11.5. The molecule has 0 bridgehead atoms. The van der Waals surface area contributed by atoms with Gasteiger partial charge in [-0.05, 0) is 128 Å². The predicted octanol–water partition coefficient (Wildman–Crippen LogP) is 3.37. The van der Waals surface area contributed by atoms with Gasteiger partial charge in [-0.25, -0.2) is 0 Å². The molecule has 0 aromatic heterocycles. The first kappa shape index (κ1) is 27.5. The molecule has 5 aliphatic rings. The topological polar surface area (TPSA) is 43.3 Å². The molecule has 4 unspecified atom stereocenters. The Kier molecular flexibility index (Phi) is 7.30. The van der Waals surface area contributed by atoms with E-state index < -0.39 is 0 Å². The zero-order valence-electron chi connectivity index (χ0n) is 22.8. The average molecular weight is 527 g/mol. The third-order valence-corrected chi connectivity index (χ3v) is 13.5. The van der Waals surface area contributed by atoms with Gasteiger partial charge in [-0.15, -0.1) is 6.61 Å². The van der Waals surface area contributed by atoms with Crippen molar-refractivity contribution in [2.45, 2.75) is 112 Å². The predicted molar refractivity (Wildman–Crippen MR) is 130 cm³/mol. The van der Waals surface area contributed by atoms with Crippen molar-refractivity contribution in [2.24, 2.45) is 56.7 Å². The van der Waals surface area contributed by atoms with Crippen LogP contribution < -0.4 is 63.3 Å². The number of rotatable bonds is 2. The van der Waals surface area contributed by atoms with E-state index in [4.69, 9.17) is 0 Å². The summed E-state index contributed by atoms with van der Waals surface area (Å²) in [5.74, 6) is 3.16. The van der Waals surface area contributed by atoms with E-state index in [2.05, 4.69) is 48.1 Å². The van der Waals surface area contributed by atoms with Gasteiger partial charge in [-0.1, -0.05) is 46.8 Å². The Balaban J connectivity index is 0.00000259. The Morgan fingerprint density at radius 3 is 2.18 bits per heavy atom. The molecular formula is C30H49O2Rb. The number of fused-ring (bicyclic) bond motifs is 7. The van der Waals surface area contributed by atoms with Crippen LogP contribution in [0.4, 0.5) is 0 Å². The summed E-state index contributed by atoms with van der Waals surface area (Å²) >= 11 is 0. The van der Waals surface area contributed by atoms with Gasteiger partial charge in [0.2, 0.25) is 0 Å². The van der Waals surface area contributed by atoms with Crippen molar-refractivity contribution in [3.8, 4) is 0 Å². The first-order valence-electron chi connectivity index (χ1n) is 13.8. The molecule has 0 spiro atoms. The Morgan fingerprint density at radius 1 is 0.848 bits per heavy atom. The van der Waals surface area contributed by atoms with Gasteiger partial charge in [0.1, 0.15) is 0 Å². The zero-order valence-corrected chi connectivity index (χ0v) is 27.7. The van der Waals surface area contributed by atoms with Crippen LogP contribution in [-0.4, -0.2) is 17.8 Å². The second-order valence-corrected chi connectivity index (χ2v) is 14.6. The summed E-state index contributed by atoms with van der Waals surface area (Å²) in [6, 6.07) is 0. The van der Waals surface area contributed by atoms with Crippen LogP contribution in [0.15, 0.2) is 12.2 Å². The standard InChI is InChI=1S/C30H49O2.Rb/c1-19(2)20-10-15-30(18-31)17-16-28(6)21(25(20)30)8-9-23-27(5)13-12-24(32)26(3,4)22(27)11-14-29(23,28)7;/h20-25,32H,1,8-18H2,2-7H3;/q-1;+1/t20-,21?,22?,23?,24-,25?,27-,28+,29+,30+;/m0./s1. The molecule has 5 rings (SSSR count). The van der Waals surface area contributed by atoms with Crippen LogP contribution in [0.25, 0.3) is 0 Å². The molecule has 1 N–H and O–H groups in total. The van der Waals surface area contributed by atoms with Gasteiger partial charge >= 0.3 is 58.2 Å². The molecule has 10 atom stereocenters. The van der Waals surface area contributed by atoms with Crippen molar-refractivity contribution in [3.05, 3.63) is 12.2 Å². The molecule has 5 aliphatic carbocycles. The summed E-state index contributed by atoms with van der Waals surface area (Å²) in [4.78, 5) is 0. The van der Waals surface area contributed by atoms with Gasteiger partial charge in [0.25, 0.3) is 0 Å². The first-order chi connectivity index (χ1) is 14.9. The van der Waals surface area contributed by atoms with Crippen molar-refractivity contribution >= 4 is 0 Å². The van der Waals surface area contributed by atoms with E-state index in [0.29, 0.717) is 39.9 Å². The van der Waals surface area contributed by atoms with Crippen molar-refractivity contribution < 1.29 is 68.4 Å². The second kappa shape index (κ2) is 8.76. The SMILES string of the molecule is C=C(C)[C@@H]1CC[C@]2(C[O-])CC[C@]3(C)C(CCC4[C@@]5(C)CC[C@H](O)C(C)(C)C5CC[C@]43C)C12.[Rb+]. The zero-order chi connectivity index (χ0) is 23.3. The molecule has 0 aromatic carbocycles. The molecule has 5 saturated carbocycles. The average Bonchev–Trinajstić information content (AvgIpc) is 3.12. The molecule has 0 heterocycles. The molecule has 0 saturated heterocycles. The number of aliphatic hydroxyl groups is 1. The monoisotopic (exact) mass is 526 g/mol. The van der Waals surface area contributed by atoms with Gasteiger partial charge in [-0.3, -0.25) is 0 Å². The fourth-order valence-corrected chi connectivity index (χ4v) is 11.5. The molecule has 2 nitrogen and oxygen atoms in total. The van der Waals surface area contributed by atoms with Crippen molar-refractivity contribution in [3.63, 3.8) is 0 Å². The third-order valence-electron chi connectivity index (χ3n) is 13.5. The van der Waals surface area contributed by atoms with E-state index in [1.807, 2.05) is 0 Å². The van der Waals surface area contributed by atoms with E-state index in [-0.39, 0.29) is 81.7 Å². The second-order valence-electron chi connectivity index (χ2n) is 14.6. The van der Waals surface area contributed by atoms with Crippen LogP contribution in [-0.2, 0) is 0 Å². The van der Waals surface area contributed by atoms with E-state index >= 15 is 0 Å². The Hall–Kier alpha value is 1.47. The van der Waals surface area contributed by atoms with Gasteiger partial charge in [-0.2, -0.15) is 0 Å². The Morgan fingerprint density at radius 2 is 1.55 bits per heavy atom. The number of aliphatic hydroxyl groups excluding tert-OH is 1. The molecular weight excluding hydrogens is 478 g/mol. The molecule has 182 valence electrons. The van der Waals surface area contributed by atoms with Crippen LogP contribution in [0.3, 0.4) is 0 Å². The first-order valence-corrected chi connectivity index (χ1v) is 13.8. The maximum Gasteiger partial charge on any atom is 1.00 e. The van der Waals surface area contributed by atoms with Crippen LogP contribution in [0.1, 0.15) is 106 Å². The van der Waals surface area contributed by atoms with Crippen LogP contribution in [0, 0.1) is 56.7 Å².